The van der Waals surface area contributed by atoms with Crippen molar-refractivity contribution in [1.82, 2.24) is 15.4 Å². The first-order valence-corrected chi connectivity index (χ1v) is 17.1. The molecule has 0 radical (unpaired) electrons. The number of rotatable bonds is 12. The topological polar surface area (TPSA) is 148 Å². The maximum Gasteiger partial charge on any atom is 0.249 e. The lowest BCUT2D eigenvalue weighted by atomic mass is 9.99. The van der Waals surface area contributed by atoms with E-state index in [0.29, 0.717) is 28.8 Å². The highest BCUT2D eigenvalue weighted by atomic mass is 32.2. The van der Waals surface area contributed by atoms with E-state index in [0.717, 1.165) is 5.56 Å². The Morgan fingerprint density at radius 2 is 1.72 bits per heavy atom. The van der Waals surface area contributed by atoms with Crippen molar-refractivity contribution >= 4 is 27.5 Å². The lowest BCUT2D eigenvalue weighted by Crippen LogP contribution is -2.51. The zero-order chi connectivity index (χ0) is 34.6. The number of aliphatic hydroxyl groups is 2. The molecule has 47 heavy (non-hydrogen) atoms. The maximum atomic E-state index is 14.3. The molecular weight excluding hydrogens is 623 g/mol. The first-order chi connectivity index (χ1) is 22.0. The number of β-amino-alcohol motifs (C(OH)–C–C–N with tert-alkyl or cyclic N) is 1. The molecule has 0 bridgehead atoms. The third-order valence-electron chi connectivity index (χ3n) is 7.79. The Morgan fingerprint density at radius 1 is 1.04 bits per heavy atom. The molecule has 0 saturated carbocycles. The Morgan fingerprint density at radius 3 is 2.38 bits per heavy atom. The van der Waals surface area contributed by atoms with Gasteiger partial charge in [0.1, 0.15) is 11.9 Å². The largest absolute Gasteiger partial charge is 0.394 e. The number of nitrogens with zero attached hydrogens (tertiary/aromatic N) is 1. The van der Waals surface area contributed by atoms with Crippen molar-refractivity contribution in [3.05, 3.63) is 83.7 Å². The number of aliphatic hydroxyl groups excluding tert-OH is 2. The zero-order valence-electron chi connectivity index (χ0n) is 27.5. The molecule has 1 heterocycles. The second kappa shape index (κ2) is 14.6. The van der Waals surface area contributed by atoms with Crippen molar-refractivity contribution < 1.29 is 32.6 Å². The Labute approximate surface area is 276 Å². The van der Waals surface area contributed by atoms with E-state index in [9.17, 15) is 27.5 Å². The summed E-state index contributed by atoms with van der Waals surface area (Å²) in [6, 6.07) is 17.4. The quantitative estimate of drug-likeness (QED) is 0.198. The van der Waals surface area contributed by atoms with E-state index < -0.39 is 45.7 Å². The van der Waals surface area contributed by atoms with E-state index >= 15 is 0 Å². The lowest BCUT2D eigenvalue weighted by Gasteiger charge is -2.29. The van der Waals surface area contributed by atoms with Gasteiger partial charge in [0.05, 0.1) is 24.2 Å². The van der Waals surface area contributed by atoms with Gasteiger partial charge in [0.25, 0.3) is 0 Å². The van der Waals surface area contributed by atoms with Crippen LogP contribution in [0.5, 0.6) is 0 Å². The van der Waals surface area contributed by atoms with Gasteiger partial charge in [0, 0.05) is 35.3 Å². The third kappa shape index (κ3) is 9.68. The lowest BCUT2D eigenvalue weighted by molar-refractivity contribution is -0.128. The number of hydrogen-bond acceptors (Lipinski definition) is 7. The average Bonchev–Trinajstić information content (AvgIpc) is 3.11. The van der Waals surface area contributed by atoms with Crippen LogP contribution in [-0.2, 0) is 32.6 Å². The van der Waals surface area contributed by atoms with Gasteiger partial charge in [0.15, 0.2) is 0 Å². The number of anilines is 1. The van der Waals surface area contributed by atoms with Crippen LogP contribution in [0, 0.1) is 5.82 Å². The molecule has 10 nitrogen and oxygen atoms in total. The minimum absolute atomic E-state index is 0.0143. The second-order valence-electron chi connectivity index (χ2n) is 13.7. The predicted octanol–water partition coefficient (Wildman–Crippen LogP) is 3.65. The number of halogens is 1. The van der Waals surface area contributed by atoms with E-state index in [-0.39, 0.29) is 42.6 Å². The number of benzene rings is 3. The average molecular weight is 669 g/mol. The Bertz CT molecular complexity index is 1690. The number of amides is 2. The molecule has 0 saturated heterocycles. The Hall–Kier alpha value is -3.68. The molecule has 0 fully saturated rings. The summed E-state index contributed by atoms with van der Waals surface area (Å²) in [5.41, 5.74) is 1.80. The summed E-state index contributed by atoms with van der Waals surface area (Å²) in [4.78, 5) is 28.8. The van der Waals surface area contributed by atoms with Gasteiger partial charge in [-0.1, -0.05) is 42.5 Å². The molecule has 3 aromatic carbocycles. The SMILES string of the molecule is CC(C)(C)NS(=O)(=O)c1ccccc1-c1ccc(CN2C(=O)[C@H](NC(=O)CC(C)(C)NC[C@H](O)CO)CCc3cc(F)ccc32)cc1. The van der Waals surface area contributed by atoms with Crippen LogP contribution < -0.4 is 20.3 Å². The molecule has 4 rings (SSSR count). The Balaban J connectivity index is 1.57. The van der Waals surface area contributed by atoms with Gasteiger partial charge in [-0.05, 0) is 88.4 Å². The molecule has 5 N–H and O–H groups in total. The van der Waals surface area contributed by atoms with Crippen molar-refractivity contribution in [2.75, 3.05) is 18.1 Å². The van der Waals surface area contributed by atoms with Gasteiger partial charge in [-0.3, -0.25) is 9.59 Å². The molecule has 0 aliphatic carbocycles. The van der Waals surface area contributed by atoms with Crippen LogP contribution in [0.15, 0.2) is 71.6 Å². The number of hydrogen-bond donors (Lipinski definition) is 5. The standard InChI is InChI=1S/C35H45FN4O6S/c1-34(2,3)39-47(45,46)31-9-7-6-8-28(31)24-12-10-23(11-13-24)21-40-30-17-15-26(36)18-25(30)14-16-29(33(40)44)38-32(43)19-35(4,5)37-20-27(42)22-41/h6-13,15,17-18,27,29,37,39,41-42H,14,16,19-22H2,1-5H3,(H,38,43)/t27-,29+/m0/s1. The van der Waals surface area contributed by atoms with Crippen LogP contribution in [0.3, 0.4) is 0 Å². The molecule has 1 aliphatic rings. The minimum atomic E-state index is -3.81. The fraction of sp³-hybridized carbons (Fsp3) is 0.429. The molecule has 2 atom stereocenters. The minimum Gasteiger partial charge on any atom is -0.394 e. The molecule has 0 unspecified atom stereocenters. The summed E-state index contributed by atoms with van der Waals surface area (Å²) in [5.74, 6) is -1.12. The zero-order valence-corrected chi connectivity index (χ0v) is 28.3. The van der Waals surface area contributed by atoms with E-state index in [2.05, 4.69) is 15.4 Å². The van der Waals surface area contributed by atoms with Crippen LogP contribution in [0.25, 0.3) is 11.1 Å². The van der Waals surface area contributed by atoms with Crippen molar-refractivity contribution in [1.29, 1.82) is 0 Å². The molecule has 1 aliphatic heterocycles. The molecule has 254 valence electrons. The predicted molar refractivity (Wildman–Crippen MR) is 180 cm³/mol. The monoisotopic (exact) mass is 668 g/mol. The molecular formula is C35H45FN4O6S. The van der Waals surface area contributed by atoms with Crippen LogP contribution in [-0.4, -0.2) is 66.8 Å². The fourth-order valence-corrected chi connectivity index (χ4v) is 7.23. The number of carbonyl (C=O) groups excluding carboxylic acids is 2. The highest BCUT2D eigenvalue weighted by molar-refractivity contribution is 7.89. The van der Waals surface area contributed by atoms with Crippen LogP contribution in [0.2, 0.25) is 0 Å². The van der Waals surface area contributed by atoms with E-state index in [1.165, 1.54) is 12.1 Å². The molecule has 2 amide bonds. The third-order valence-corrected chi connectivity index (χ3v) is 9.60. The fourth-order valence-electron chi connectivity index (χ4n) is 5.58. The maximum absolute atomic E-state index is 14.3. The highest BCUT2D eigenvalue weighted by Crippen LogP contribution is 2.32. The van der Waals surface area contributed by atoms with Crippen LogP contribution >= 0.6 is 0 Å². The molecule has 3 aromatic rings. The van der Waals surface area contributed by atoms with Gasteiger partial charge < -0.3 is 25.7 Å². The summed E-state index contributed by atoms with van der Waals surface area (Å²) in [6.45, 7) is 8.74. The smallest absolute Gasteiger partial charge is 0.249 e. The van der Waals surface area contributed by atoms with Crippen molar-refractivity contribution in [2.24, 2.45) is 0 Å². The summed E-state index contributed by atoms with van der Waals surface area (Å²) >= 11 is 0. The molecule has 0 aromatic heterocycles. The number of aryl methyl sites for hydroxylation is 1. The van der Waals surface area contributed by atoms with Gasteiger partial charge in [-0.2, -0.15) is 0 Å². The number of carbonyl (C=O) groups is 2. The summed E-state index contributed by atoms with van der Waals surface area (Å²) in [5, 5.41) is 24.7. The summed E-state index contributed by atoms with van der Waals surface area (Å²) in [6.07, 6.45) is -0.297. The first-order valence-electron chi connectivity index (χ1n) is 15.6. The van der Waals surface area contributed by atoms with Crippen LogP contribution in [0.1, 0.15) is 58.6 Å². The van der Waals surface area contributed by atoms with E-state index in [1.807, 2.05) is 12.1 Å². The normalized spacial score (nSPS) is 16.4. The molecule has 0 spiro atoms. The second-order valence-corrected chi connectivity index (χ2v) is 15.3. The number of sulfonamides is 1. The van der Waals surface area contributed by atoms with Crippen molar-refractivity contribution in [3.8, 4) is 11.1 Å². The van der Waals surface area contributed by atoms with Gasteiger partial charge in [0.2, 0.25) is 21.8 Å². The number of fused-ring (bicyclic) bond motifs is 1. The van der Waals surface area contributed by atoms with Crippen molar-refractivity contribution in [2.45, 2.75) is 88.5 Å². The van der Waals surface area contributed by atoms with E-state index in [1.54, 1.807) is 82.0 Å². The number of nitrogens with one attached hydrogen (secondary N) is 3. The van der Waals surface area contributed by atoms with Gasteiger partial charge >= 0.3 is 0 Å². The molecule has 12 heteroatoms. The highest BCUT2D eigenvalue weighted by Gasteiger charge is 2.33. The Kier molecular flexibility index (Phi) is 11.2. The summed E-state index contributed by atoms with van der Waals surface area (Å²) in [7, 11) is -3.81. The van der Waals surface area contributed by atoms with Gasteiger partial charge in [-0.15, -0.1) is 0 Å². The summed E-state index contributed by atoms with van der Waals surface area (Å²) < 4.78 is 43.4. The van der Waals surface area contributed by atoms with Gasteiger partial charge in [-0.25, -0.2) is 17.5 Å². The van der Waals surface area contributed by atoms with Crippen LogP contribution in [0.4, 0.5) is 10.1 Å². The first kappa shape index (κ1) is 36.2. The van der Waals surface area contributed by atoms with E-state index in [4.69, 9.17) is 5.11 Å². The van der Waals surface area contributed by atoms with Crippen molar-refractivity contribution in [3.63, 3.8) is 0 Å².